The predicted octanol–water partition coefficient (Wildman–Crippen LogP) is 6.17. The zero-order valence-corrected chi connectivity index (χ0v) is 20.8. The molecule has 0 bridgehead atoms. The largest absolute Gasteiger partial charge is 0.481 e. The fourth-order valence-corrected chi connectivity index (χ4v) is 5.61. The normalized spacial score (nSPS) is 24.1. The molecule has 1 aliphatic heterocycles. The monoisotopic (exact) mass is 505 g/mol. The van der Waals surface area contributed by atoms with Gasteiger partial charge in [-0.25, -0.2) is 9.97 Å². The molecule has 1 aromatic heterocycles. The topological polar surface area (TPSA) is 75.5 Å². The number of benzene rings is 1. The molecule has 0 saturated heterocycles. The van der Waals surface area contributed by atoms with E-state index in [0.29, 0.717) is 12.0 Å². The van der Waals surface area contributed by atoms with Crippen molar-refractivity contribution in [3.05, 3.63) is 95.5 Å². The molecule has 1 N–H and O–H groups in total. The molecule has 0 spiro atoms. The van der Waals surface area contributed by atoms with Crippen LogP contribution in [0.5, 0.6) is 5.75 Å². The number of hydrogen-bond acceptors (Lipinski definition) is 5. The van der Waals surface area contributed by atoms with Crippen LogP contribution in [0, 0.1) is 17.8 Å². The van der Waals surface area contributed by atoms with Gasteiger partial charge < -0.3 is 14.7 Å². The molecule has 37 heavy (non-hydrogen) atoms. The van der Waals surface area contributed by atoms with Crippen LogP contribution in [0.1, 0.15) is 49.6 Å². The number of aliphatic carboxylic acids is 1. The second kappa shape index (κ2) is 9.92. The molecule has 3 aliphatic rings. The molecule has 8 heteroatoms. The van der Waals surface area contributed by atoms with Crippen LogP contribution in [0.25, 0.3) is 5.57 Å². The van der Waals surface area contributed by atoms with Gasteiger partial charge in [0, 0.05) is 59.0 Å². The van der Waals surface area contributed by atoms with Crippen LogP contribution >= 0.6 is 0 Å². The minimum atomic E-state index is -2.90. The van der Waals surface area contributed by atoms with Gasteiger partial charge >= 0.3 is 12.6 Å². The number of carboxylic acids is 1. The molecule has 2 heterocycles. The SMILES string of the molecule is C=C1C=CC(c2cnc(C3CC4C(C(=O)O)[C@@H]4C3)nc2)=CN1C(Cc1ccccc1OC(F)F)=C(C)C. The lowest BCUT2D eigenvalue weighted by atomic mass is 9.98. The average molecular weight is 506 g/mol. The highest BCUT2D eigenvalue weighted by Gasteiger charge is 2.60. The lowest BCUT2D eigenvalue weighted by Crippen LogP contribution is -2.20. The van der Waals surface area contributed by atoms with E-state index in [2.05, 4.69) is 16.5 Å². The van der Waals surface area contributed by atoms with E-state index >= 15 is 0 Å². The van der Waals surface area contributed by atoms with Crippen molar-refractivity contribution in [2.24, 2.45) is 17.8 Å². The van der Waals surface area contributed by atoms with Crippen LogP contribution in [0.4, 0.5) is 8.78 Å². The Morgan fingerprint density at radius 3 is 2.46 bits per heavy atom. The van der Waals surface area contributed by atoms with Crippen molar-refractivity contribution in [3.63, 3.8) is 0 Å². The van der Waals surface area contributed by atoms with Crippen LogP contribution in [0.15, 0.2) is 78.6 Å². The summed E-state index contributed by atoms with van der Waals surface area (Å²) in [6.07, 6.45) is 11.5. The first-order valence-electron chi connectivity index (χ1n) is 12.3. The number of aromatic nitrogens is 2. The van der Waals surface area contributed by atoms with E-state index < -0.39 is 12.6 Å². The van der Waals surface area contributed by atoms with Gasteiger partial charge in [0.05, 0.1) is 5.92 Å². The number of fused-ring (bicyclic) bond motifs is 1. The van der Waals surface area contributed by atoms with E-state index in [1.54, 1.807) is 36.7 Å². The fraction of sp³-hybridized carbons (Fsp3) is 0.345. The van der Waals surface area contributed by atoms with Gasteiger partial charge in [0.1, 0.15) is 11.6 Å². The third kappa shape index (κ3) is 5.05. The maximum Gasteiger partial charge on any atom is 0.387 e. The molecule has 3 unspecified atom stereocenters. The maximum atomic E-state index is 12.9. The highest BCUT2D eigenvalue weighted by atomic mass is 19.3. The standard InChI is InChI=1S/C29H29F2N3O3/c1-16(2)24(12-18-6-4-5-7-25(18)37-29(30)31)34-15-19(9-8-17(34)3)21-13-32-27(33-14-21)20-10-22-23(11-20)26(22)28(35)36/h4-9,13-15,20,22-23,26,29H,3,10-12H2,1-2H3,(H,35,36)/t20?,22-,23?,26?/m1/s1. The Hall–Kier alpha value is -3.81. The summed E-state index contributed by atoms with van der Waals surface area (Å²) >= 11 is 0. The van der Waals surface area contributed by atoms with Gasteiger partial charge in [0.2, 0.25) is 0 Å². The molecule has 0 radical (unpaired) electrons. The van der Waals surface area contributed by atoms with Gasteiger partial charge in [-0.3, -0.25) is 4.79 Å². The Kier molecular flexibility index (Phi) is 6.67. The summed E-state index contributed by atoms with van der Waals surface area (Å²) in [4.78, 5) is 22.4. The second-order valence-electron chi connectivity index (χ2n) is 10.1. The van der Waals surface area contributed by atoms with Gasteiger partial charge in [-0.05, 0) is 50.7 Å². The summed E-state index contributed by atoms with van der Waals surface area (Å²) in [5.74, 6) is 0.767. The van der Waals surface area contributed by atoms with Crippen LogP contribution in [-0.2, 0) is 11.2 Å². The molecule has 192 valence electrons. The second-order valence-corrected chi connectivity index (χ2v) is 10.1. The Morgan fingerprint density at radius 1 is 1.16 bits per heavy atom. The number of para-hydroxylation sites is 1. The lowest BCUT2D eigenvalue weighted by Gasteiger charge is -2.29. The van der Waals surface area contributed by atoms with Crippen molar-refractivity contribution in [1.29, 1.82) is 0 Å². The van der Waals surface area contributed by atoms with E-state index in [4.69, 9.17) is 4.74 Å². The van der Waals surface area contributed by atoms with Crippen molar-refractivity contribution in [1.82, 2.24) is 14.9 Å². The molecule has 2 fully saturated rings. The molecule has 2 aliphatic carbocycles. The Morgan fingerprint density at radius 2 is 1.84 bits per heavy atom. The number of hydrogen-bond donors (Lipinski definition) is 1. The van der Waals surface area contributed by atoms with Crippen LogP contribution in [-0.4, -0.2) is 32.6 Å². The highest BCUT2D eigenvalue weighted by Crippen LogP contribution is 2.61. The fourth-order valence-electron chi connectivity index (χ4n) is 5.61. The number of ether oxygens (including phenoxy) is 1. The zero-order chi connectivity index (χ0) is 26.3. The third-order valence-corrected chi connectivity index (χ3v) is 7.55. The van der Waals surface area contributed by atoms with Gasteiger partial charge in [-0.1, -0.05) is 36.4 Å². The van der Waals surface area contributed by atoms with E-state index in [-0.39, 0.29) is 29.4 Å². The van der Waals surface area contributed by atoms with Gasteiger partial charge in [0.15, 0.2) is 0 Å². The third-order valence-electron chi connectivity index (χ3n) is 7.55. The quantitative estimate of drug-likeness (QED) is 0.463. The smallest absolute Gasteiger partial charge is 0.387 e. The molecule has 0 amide bonds. The van der Waals surface area contributed by atoms with Crippen molar-refractivity contribution >= 4 is 11.5 Å². The van der Waals surface area contributed by atoms with Crippen LogP contribution in [0.2, 0.25) is 0 Å². The van der Waals surface area contributed by atoms with Crippen molar-refractivity contribution in [2.45, 2.75) is 45.6 Å². The highest BCUT2D eigenvalue weighted by molar-refractivity contribution is 5.76. The molecule has 2 aromatic rings. The summed E-state index contributed by atoms with van der Waals surface area (Å²) in [6.45, 7) is 5.23. The number of alkyl halides is 2. The van der Waals surface area contributed by atoms with E-state index in [1.165, 1.54) is 0 Å². The summed E-state index contributed by atoms with van der Waals surface area (Å²) in [5.41, 5.74) is 5.08. The van der Waals surface area contributed by atoms with Gasteiger partial charge in [-0.2, -0.15) is 8.78 Å². The van der Waals surface area contributed by atoms with Gasteiger partial charge in [0.25, 0.3) is 0 Å². The van der Waals surface area contributed by atoms with E-state index in [1.807, 2.05) is 37.1 Å². The Labute approximate surface area is 214 Å². The summed E-state index contributed by atoms with van der Waals surface area (Å²) in [7, 11) is 0. The van der Waals surface area contributed by atoms with Crippen molar-refractivity contribution in [3.8, 4) is 5.75 Å². The first kappa shape index (κ1) is 24.9. The minimum Gasteiger partial charge on any atom is -0.481 e. The lowest BCUT2D eigenvalue weighted by molar-refractivity contribution is -0.139. The number of halogens is 2. The van der Waals surface area contributed by atoms with E-state index in [9.17, 15) is 18.7 Å². The number of rotatable bonds is 8. The molecule has 4 atom stereocenters. The van der Waals surface area contributed by atoms with Crippen LogP contribution in [0.3, 0.4) is 0 Å². The molecule has 5 rings (SSSR count). The summed E-state index contributed by atoms with van der Waals surface area (Å²) in [5, 5.41) is 9.25. The summed E-state index contributed by atoms with van der Waals surface area (Å²) in [6, 6.07) is 6.81. The predicted molar refractivity (Wildman–Crippen MR) is 135 cm³/mol. The number of carbonyl (C=O) groups is 1. The summed E-state index contributed by atoms with van der Waals surface area (Å²) < 4.78 is 30.6. The molecule has 6 nitrogen and oxygen atoms in total. The number of nitrogens with zero attached hydrogens (tertiary/aromatic N) is 3. The minimum absolute atomic E-state index is 0.154. The first-order chi connectivity index (χ1) is 17.7. The number of carboxylic acid groups (broad SMARTS) is 1. The molecular formula is C29H29F2N3O3. The number of allylic oxidation sites excluding steroid dienone is 5. The maximum absolute atomic E-state index is 12.9. The molecule has 2 saturated carbocycles. The zero-order valence-electron chi connectivity index (χ0n) is 20.8. The van der Waals surface area contributed by atoms with Gasteiger partial charge in [-0.15, -0.1) is 0 Å². The Balaban J connectivity index is 1.34. The van der Waals surface area contributed by atoms with Crippen molar-refractivity contribution < 1.29 is 23.4 Å². The molecular weight excluding hydrogens is 476 g/mol. The van der Waals surface area contributed by atoms with E-state index in [0.717, 1.165) is 46.8 Å². The average Bonchev–Trinajstić information content (AvgIpc) is 3.38. The van der Waals surface area contributed by atoms with Crippen LogP contribution < -0.4 is 4.74 Å². The first-order valence-corrected chi connectivity index (χ1v) is 12.3. The van der Waals surface area contributed by atoms with Crippen molar-refractivity contribution in [2.75, 3.05) is 0 Å². The Bertz CT molecular complexity index is 1300. The molecule has 1 aromatic carbocycles.